The van der Waals surface area contributed by atoms with Gasteiger partial charge in [-0.05, 0) is 28.9 Å². The Bertz CT molecular complexity index is 452. The smallest absolute Gasteiger partial charge is 0.356 e. The Labute approximate surface area is 107 Å². The molecule has 18 heavy (non-hydrogen) atoms. The normalized spacial score (nSPS) is 20.4. The molecular formula is C13H19N3O2. The zero-order chi connectivity index (χ0) is 13.6. The van der Waals surface area contributed by atoms with Crippen molar-refractivity contribution in [1.82, 2.24) is 10.2 Å². The first-order valence-electron chi connectivity index (χ1n) is 6.07. The molecule has 5 heteroatoms. The first kappa shape index (κ1) is 12.8. The molecule has 1 aliphatic rings. The second-order valence-electron chi connectivity index (χ2n) is 5.99. The minimum atomic E-state index is -1.06. The van der Waals surface area contributed by atoms with Crippen molar-refractivity contribution >= 4 is 11.8 Å². The topological polar surface area (TPSA) is 75.1 Å². The molecule has 1 aromatic rings. The van der Waals surface area contributed by atoms with Crippen molar-refractivity contribution in [1.29, 1.82) is 0 Å². The highest BCUT2D eigenvalue weighted by Crippen LogP contribution is 2.68. The summed E-state index contributed by atoms with van der Waals surface area (Å²) in [4.78, 5) is 10.6. The Morgan fingerprint density at radius 1 is 1.28 bits per heavy atom. The van der Waals surface area contributed by atoms with Crippen LogP contribution in [0, 0.1) is 16.7 Å². The lowest BCUT2D eigenvalue weighted by molar-refractivity contribution is 0.0689. The number of carboxylic acids is 1. The third-order valence-electron chi connectivity index (χ3n) is 4.69. The monoisotopic (exact) mass is 249 g/mol. The molecule has 0 unspecified atom stereocenters. The maximum Gasteiger partial charge on any atom is 0.356 e. The van der Waals surface area contributed by atoms with Crippen molar-refractivity contribution in [3.8, 4) is 0 Å². The van der Waals surface area contributed by atoms with Gasteiger partial charge in [0, 0.05) is 6.54 Å². The van der Waals surface area contributed by atoms with Crippen LogP contribution >= 0.6 is 0 Å². The second-order valence-corrected chi connectivity index (χ2v) is 5.99. The Morgan fingerprint density at radius 3 is 2.28 bits per heavy atom. The predicted octanol–water partition coefficient (Wildman–Crippen LogP) is 2.27. The number of anilines is 1. The summed E-state index contributed by atoms with van der Waals surface area (Å²) in [5.41, 5.74) is 0.621. The molecule has 0 aliphatic heterocycles. The molecule has 1 fully saturated rings. The molecule has 0 atom stereocenters. The van der Waals surface area contributed by atoms with Crippen molar-refractivity contribution in [2.45, 2.75) is 27.7 Å². The number of hydrogen-bond acceptors (Lipinski definition) is 4. The van der Waals surface area contributed by atoms with Gasteiger partial charge >= 0.3 is 5.97 Å². The third kappa shape index (κ3) is 1.94. The van der Waals surface area contributed by atoms with E-state index < -0.39 is 5.97 Å². The van der Waals surface area contributed by atoms with Crippen LogP contribution in [0.3, 0.4) is 0 Å². The van der Waals surface area contributed by atoms with E-state index in [0.717, 1.165) is 6.54 Å². The lowest BCUT2D eigenvalue weighted by Gasteiger charge is -2.06. The summed E-state index contributed by atoms with van der Waals surface area (Å²) in [7, 11) is 0. The molecule has 2 rings (SSSR count). The quantitative estimate of drug-likeness (QED) is 0.856. The number of rotatable bonds is 4. The standard InChI is InChI=1S/C13H19N3O2/c1-12(2)9(13(12,3)4)7-14-10-6-5-8(11(17)18)15-16-10/h5-6,9H,7H2,1-4H3,(H,14,16)(H,17,18). The third-order valence-corrected chi connectivity index (χ3v) is 4.69. The molecule has 0 amide bonds. The van der Waals surface area contributed by atoms with Crippen LogP contribution in [0.25, 0.3) is 0 Å². The van der Waals surface area contributed by atoms with Gasteiger partial charge in [0.05, 0.1) is 0 Å². The predicted molar refractivity (Wildman–Crippen MR) is 68.5 cm³/mol. The molecule has 0 bridgehead atoms. The molecular weight excluding hydrogens is 230 g/mol. The molecule has 5 nitrogen and oxygen atoms in total. The van der Waals surface area contributed by atoms with Crippen LogP contribution in [-0.4, -0.2) is 27.8 Å². The maximum atomic E-state index is 10.6. The molecule has 1 aromatic heterocycles. The summed E-state index contributed by atoms with van der Waals surface area (Å²) in [5.74, 6) is 0.156. The fourth-order valence-electron chi connectivity index (χ4n) is 2.59. The van der Waals surface area contributed by atoms with Crippen LogP contribution in [-0.2, 0) is 0 Å². The summed E-state index contributed by atoms with van der Waals surface area (Å²) in [5, 5.41) is 19.4. The maximum absolute atomic E-state index is 10.6. The summed E-state index contributed by atoms with van der Waals surface area (Å²) in [6.45, 7) is 9.88. The zero-order valence-electron chi connectivity index (χ0n) is 11.2. The summed E-state index contributed by atoms with van der Waals surface area (Å²) >= 11 is 0. The Hall–Kier alpha value is -1.65. The number of hydrogen-bond donors (Lipinski definition) is 2. The van der Waals surface area contributed by atoms with E-state index in [-0.39, 0.29) is 5.69 Å². The van der Waals surface area contributed by atoms with E-state index in [1.54, 1.807) is 6.07 Å². The first-order chi connectivity index (χ1) is 8.26. The summed E-state index contributed by atoms with van der Waals surface area (Å²) in [6, 6.07) is 3.11. The molecule has 1 heterocycles. The van der Waals surface area contributed by atoms with Crippen molar-refractivity contribution in [3.05, 3.63) is 17.8 Å². The van der Waals surface area contributed by atoms with E-state index >= 15 is 0 Å². The van der Waals surface area contributed by atoms with E-state index in [2.05, 4.69) is 43.2 Å². The average molecular weight is 249 g/mol. The van der Waals surface area contributed by atoms with E-state index in [9.17, 15) is 4.79 Å². The van der Waals surface area contributed by atoms with E-state index in [4.69, 9.17) is 5.11 Å². The highest BCUT2D eigenvalue weighted by atomic mass is 16.4. The van der Waals surface area contributed by atoms with Crippen molar-refractivity contribution in [2.75, 3.05) is 11.9 Å². The fraction of sp³-hybridized carbons (Fsp3) is 0.615. The van der Waals surface area contributed by atoms with Crippen molar-refractivity contribution in [3.63, 3.8) is 0 Å². The van der Waals surface area contributed by atoms with Crippen LogP contribution in [0.2, 0.25) is 0 Å². The van der Waals surface area contributed by atoms with E-state index in [1.165, 1.54) is 6.07 Å². The van der Waals surface area contributed by atoms with Gasteiger partial charge in [0.15, 0.2) is 5.69 Å². The molecule has 1 saturated carbocycles. The van der Waals surface area contributed by atoms with Gasteiger partial charge in [-0.2, -0.15) is 0 Å². The van der Waals surface area contributed by atoms with Gasteiger partial charge in [-0.25, -0.2) is 4.79 Å². The largest absolute Gasteiger partial charge is 0.476 e. The number of carbonyl (C=O) groups is 1. The minimum Gasteiger partial charge on any atom is -0.476 e. The van der Waals surface area contributed by atoms with Gasteiger partial charge < -0.3 is 10.4 Å². The van der Waals surface area contributed by atoms with Crippen molar-refractivity contribution < 1.29 is 9.90 Å². The van der Waals surface area contributed by atoms with E-state index in [1.807, 2.05) is 0 Å². The number of carboxylic acid groups (broad SMARTS) is 1. The zero-order valence-corrected chi connectivity index (χ0v) is 11.2. The Morgan fingerprint density at radius 2 is 1.89 bits per heavy atom. The number of aromatic nitrogens is 2. The minimum absolute atomic E-state index is 0.0346. The Balaban J connectivity index is 1.94. The van der Waals surface area contributed by atoms with Gasteiger partial charge in [0.2, 0.25) is 0 Å². The number of aromatic carboxylic acids is 1. The van der Waals surface area contributed by atoms with Crippen LogP contribution in [0.15, 0.2) is 12.1 Å². The van der Waals surface area contributed by atoms with Gasteiger partial charge in [0.25, 0.3) is 0 Å². The van der Waals surface area contributed by atoms with Gasteiger partial charge in [-0.3, -0.25) is 0 Å². The van der Waals surface area contributed by atoms with Gasteiger partial charge in [0.1, 0.15) is 5.82 Å². The highest BCUT2D eigenvalue weighted by Gasteiger charge is 2.64. The number of nitrogens with zero attached hydrogens (tertiary/aromatic N) is 2. The van der Waals surface area contributed by atoms with E-state index in [0.29, 0.717) is 22.6 Å². The van der Waals surface area contributed by atoms with Crippen molar-refractivity contribution in [2.24, 2.45) is 16.7 Å². The highest BCUT2D eigenvalue weighted by molar-refractivity contribution is 5.85. The van der Waals surface area contributed by atoms with Gasteiger partial charge in [-0.1, -0.05) is 27.7 Å². The molecule has 0 radical (unpaired) electrons. The van der Waals surface area contributed by atoms with Crippen LogP contribution in [0.5, 0.6) is 0 Å². The van der Waals surface area contributed by atoms with Crippen LogP contribution in [0.1, 0.15) is 38.2 Å². The van der Waals surface area contributed by atoms with Crippen LogP contribution in [0.4, 0.5) is 5.82 Å². The molecule has 0 aromatic carbocycles. The molecule has 1 aliphatic carbocycles. The first-order valence-corrected chi connectivity index (χ1v) is 6.07. The lowest BCUT2D eigenvalue weighted by Crippen LogP contribution is -2.11. The summed E-state index contributed by atoms with van der Waals surface area (Å²) in [6.07, 6.45) is 0. The fourth-order valence-corrected chi connectivity index (χ4v) is 2.59. The average Bonchev–Trinajstić information content (AvgIpc) is 2.67. The SMILES string of the molecule is CC1(C)C(CNc2ccc(C(=O)O)nn2)C1(C)C. The summed E-state index contributed by atoms with van der Waals surface area (Å²) < 4.78 is 0. The molecule has 2 N–H and O–H groups in total. The molecule has 98 valence electrons. The Kier molecular flexibility index (Phi) is 2.80. The second kappa shape index (κ2) is 3.93. The lowest BCUT2D eigenvalue weighted by atomic mass is 10.0. The van der Waals surface area contributed by atoms with Crippen LogP contribution < -0.4 is 5.32 Å². The molecule has 0 spiro atoms. The van der Waals surface area contributed by atoms with Gasteiger partial charge in [-0.15, -0.1) is 10.2 Å². The molecule has 0 saturated heterocycles. The number of nitrogens with one attached hydrogen (secondary N) is 1.